The molecule has 0 saturated carbocycles. The average molecular weight is 602 g/mol. The SMILES string of the molecule is C[N+](C)(C)CCOP(=O)([O-])OCCCCCCOC(=O)c1cc(Oc2ccc(N)cc2)cc(Oc2ccc(N)cc2)c1. The van der Waals surface area contributed by atoms with E-state index in [1.807, 2.05) is 21.1 Å². The standard InChI is InChI=1S/C30H40N3O8P/c1-33(2,3)16-19-39-42(35,36)38-18-7-5-4-6-17-37-30(34)23-20-28(40-26-12-8-24(31)9-13-26)22-29(21-23)41-27-14-10-25(32)11-15-27/h8-15,20-22H,4-7,16-19,31-32H2,1-3H3. The van der Waals surface area contributed by atoms with Crippen LogP contribution in [-0.4, -0.2) is 58.0 Å². The van der Waals surface area contributed by atoms with Crippen molar-refractivity contribution in [1.29, 1.82) is 0 Å². The summed E-state index contributed by atoms with van der Waals surface area (Å²) in [5, 5.41) is 0. The highest BCUT2D eigenvalue weighted by Gasteiger charge is 2.15. The van der Waals surface area contributed by atoms with Crippen molar-refractivity contribution in [2.75, 3.05) is 59.0 Å². The minimum Gasteiger partial charge on any atom is -0.756 e. The Labute approximate surface area is 247 Å². The zero-order chi connectivity index (χ0) is 30.6. The van der Waals surface area contributed by atoms with Gasteiger partial charge in [0.05, 0.1) is 39.9 Å². The molecule has 3 rings (SSSR count). The number of anilines is 2. The van der Waals surface area contributed by atoms with Crippen molar-refractivity contribution in [2.45, 2.75) is 25.7 Å². The van der Waals surface area contributed by atoms with Gasteiger partial charge in [0, 0.05) is 17.4 Å². The molecular weight excluding hydrogens is 561 g/mol. The molecule has 1 unspecified atom stereocenters. The molecule has 1 atom stereocenters. The smallest absolute Gasteiger partial charge is 0.338 e. The minimum absolute atomic E-state index is 0.0442. The number of hydrogen-bond acceptors (Lipinski definition) is 10. The Morgan fingerprint density at radius 2 is 1.19 bits per heavy atom. The second-order valence-electron chi connectivity index (χ2n) is 10.7. The lowest BCUT2D eigenvalue weighted by atomic mass is 10.2. The number of esters is 1. The van der Waals surface area contributed by atoms with Crippen LogP contribution < -0.4 is 25.8 Å². The third-order valence-corrected chi connectivity index (χ3v) is 6.88. The van der Waals surface area contributed by atoms with Crippen LogP contribution in [0.1, 0.15) is 36.0 Å². The minimum atomic E-state index is -4.31. The zero-order valence-corrected chi connectivity index (χ0v) is 25.2. The summed E-state index contributed by atoms with van der Waals surface area (Å²) in [7, 11) is 1.53. The number of hydrogen-bond donors (Lipinski definition) is 2. The van der Waals surface area contributed by atoms with Gasteiger partial charge in [-0.1, -0.05) is 6.42 Å². The highest BCUT2D eigenvalue weighted by Crippen LogP contribution is 2.38. The van der Waals surface area contributed by atoms with Gasteiger partial charge in [-0.15, -0.1) is 0 Å². The molecule has 0 bridgehead atoms. The van der Waals surface area contributed by atoms with E-state index in [1.54, 1.807) is 66.7 Å². The van der Waals surface area contributed by atoms with Gasteiger partial charge in [-0.05, 0) is 79.9 Å². The maximum absolute atomic E-state index is 12.9. The summed E-state index contributed by atoms with van der Waals surface area (Å²) in [6.45, 7) is 0.861. The van der Waals surface area contributed by atoms with Crippen LogP contribution in [0.5, 0.6) is 23.0 Å². The first-order valence-corrected chi connectivity index (χ1v) is 15.1. The van der Waals surface area contributed by atoms with Gasteiger partial charge in [0.1, 0.15) is 36.1 Å². The van der Waals surface area contributed by atoms with Crippen LogP contribution in [0.3, 0.4) is 0 Å². The fraction of sp³-hybridized carbons (Fsp3) is 0.367. The van der Waals surface area contributed by atoms with Crippen LogP contribution in [0, 0.1) is 0 Å². The molecule has 12 heteroatoms. The molecule has 3 aromatic rings. The molecule has 0 amide bonds. The number of rotatable bonds is 17. The highest BCUT2D eigenvalue weighted by molar-refractivity contribution is 7.45. The number of nitrogens with two attached hydrogens (primary N) is 2. The third kappa shape index (κ3) is 12.5. The molecule has 0 saturated heterocycles. The highest BCUT2D eigenvalue weighted by atomic mass is 31.2. The Balaban J connectivity index is 1.48. The number of quaternary nitrogens is 1. The third-order valence-electron chi connectivity index (χ3n) is 5.88. The van der Waals surface area contributed by atoms with E-state index < -0.39 is 13.8 Å². The Morgan fingerprint density at radius 1 is 0.714 bits per heavy atom. The first-order chi connectivity index (χ1) is 19.9. The molecule has 0 heterocycles. The molecule has 0 aliphatic carbocycles. The Morgan fingerprint density at radius 3 is 1.69 bits per heavy atom. The van der Waals surface area contributed by atoms with E-state index in [9.17, 15) is 14.3 Å². The molecule has 0 aliphatic heterocycles. The lowest BCUT2D eigenvalue weighted by Gasteiger charge is -2.27. The van der Waals surface area contributed by atoms with Crippen LogP contribution in [0.25, 0.3) is 0 Å². The van der Waals surface area contributed by atoms with Crippen molar-refractivity contribution in [2.24, 2.45) is 0 Å². The lowest BCUT2D eigenvalue weighted by molar-refractivity contribution is -0.870. The number of unbranched alkanes of at least 4 members (excludes halogenated alkanes) is 3. The number of ether oxygens (including phenoxy) is 3. The molecule has 0 aliphatic rings. The number of benzene rings is 3. The summed E-state index contributed by atoms with van der Waals surface area (Å²) in [5.41, 5.74) is 13.0. The van der Waals surface area contributed by atoms with E-state index in [-0.39, 0.29) is 25.4 Å². The molecule has 0 spiro atoms. The molecular formula is C30H40N3O8P. The van der Waals surface area contributed by atoms with Crippen LogP contribution >= 0.6 is 7.82 Å². The Bertz CT molecular complexity index is 1260. The predicted octanol–water partition coefficient (Wildman–Crippen LogP) is 5.36. The summed E-state index contributed by atoms with van der Waals surface area (Å²) in [5.74, 6) is 1.33. The molecule has 0 radical (unpaired) electrons. The van der Waals surface area contributed by atoms with E-state index in [2.05, 4.69) is 0 Å². The van der Waals surface area contributed by atoms with Crippen LogP contribution in [0.2, 0.25) is 0 Å². The summed E-state index contributed by atoms with van der Waals surface area (Å²) in [6.07, 6.45) is 2.58. The van der Waals surface area contributed by atoms with Gasteiger partial charge in [0.15, 0.2) is 0 Å². The van der Waals surface area contributed by atoms with E-state index >= 15 is 0 Å². The van der Waals surface area contributed by atoms with Crippen molar-refractivity contribution >= 4 is 25.2 Å². The molecule has 42 heavy (non-hydrogen) atoms. The molecule has 4 N–H and O–H groups in total. The van der Waals surface area contributed by atoms with E-state index in [4.69, 9.17) is 34.7 Å². The van der Waals surface area contributed by atoms with Gasteiger partial charge in [-0.25, -0.2) is 4.79 Å². The van der Waals surface area contributed by atoms with Crippen molar-refractivity contribution in [1.82, 2.24) is 0 Å². The molecule has 228 valence electrons. The fourth-order valence-electron chi connectivity index (χ4n) is 3.60. The largest absolute Gasteiger partial charge is 0.756 e. The van der Waals surface area contributed by atoms with Gasteiger partial charge in [-0.3, -0.25) is 4.57 Å². The van der Waals surface area contributed by atoms with Crippen molar-refractivity contribution in [3.05, 3.63) is 72.3 Å². The van der Waals surface area contributed by atoms with Gasteiger partial charge in [0.2, 0.25) is 0 Å². The van der Waals surface area contributed by atoms with Crippen molar-refractivity contribution < 1.29 is 42.0 Å². The second-order valence-corrected chi connectivity index (χ2v) is 12.1. The van der Waals surface area contributed by atoms with E-state index in [1.165, 1.54) is 0 Å². The first kappa shape index (κ1) is 32.9. The van der Waals surface area contributed by atoms with Gasteiger partial charge in [-0.2, -0.15) is 0 Å². The van der Waals surface area contributed by atoms with Gasteiger partial charge >= 0.3 is 5.97 Å². The molecule has 0 fully saturated rings. The monoisotopic (exact) mass is 601 g/mol. The first-order valence-electron chi connectivity index (χ1n) is 13.7. The quantitative estimate of drug-likeness (QED) is 0.0679. The number of phosphoric acid groups is 1. The van der Waals surface area contributed by atoms with Gasteiger partial charge in [0.25, 0.3) is 7.82 Å². The fourth-order valence-corrected chi connectivity index (χ4v) is 4.33. The van der Waals surface area contributed by atoms with Crippen LogP contribution in [-0.2, 0) is 18.3 Å². The Hall–Kier alpha value is -3.60. The number of nitrogen functional groups attached to an aromatic ring is 2. The maximum Gasteiger partial charge on any atom is 0.338 e. The predicted molar refractivity (Wildman–Crippen MR) is 159 cm³/mol. The molecule has 0 aromatic heterocycles. The summed E-state index contributed by atoms with van der Waals surface area (Å²) in [4.78, 5) is 24.7. The van der Waals surface area contributed by atoms with E-state index in [0.717, 1.165) is 6.42 Å². The number of nitrogens with zero attached hydrogens (tertiary/aromatic N) is 1. The van der Waals surface area contributed by atoms with Crippen molar-refractivity contribution in [3.8, 4) is 23.0 Å². The number of likely N-dealkylation sites (N-methyl/N-ethyl adjacent to an activating group) is 1. The van der Waals surface area contributed by atoms with Gasteiger partial charge < -0.3 is 44.1 Å². The van der Waals surface area contributed by atoms with Crippen LogP contribution in [0.4, 0.5) is 11.4 Å². The topological polar surface area (TPSA) is 155 Å². The summed E-state index contributed by atoms with van der Waals surface area (Å²) >= 11 is 0. The molecule has 3 aromatic carbocycles. The maximum atomic E-state index is 12.9. The normalized spacial score (nSPS) is 12.9. The number of carbonyl (C=O) groups is 1. The summed E-state index contributed by atoms with van der Waals surface area (Å²) in [6, 6.07) is 18.6. The zero-order valence-electron chi connectivity index (χ0n) is 24.3. The van der Waals surface area contributed by atoms with Crippen LogP contribution in [0.15, 0.2) is 66.7 Å². The Kier molecular flexibility index (Phi) is 12.2. The molecule has 11 nitrogen and oxygen atoms in total. The number of carbonyl (C=O) groups excluding carboxylic acids is 1. The lowest BCUT2D eigenvalue weighted by Crippen LogP contribution is -2.37. The summed E-state index contributed by atoms with van der Waals surface area (Å²) < 4.78 is 39.6. The second kappa shape index (κ2) is 15.6. The van der Waals surface area contributed by atoms with Crippen molar-refractivity contribution in [3.63, 3.8) is 0 Å². The number of phosphoric ester groups is 1. The average Bonchev–Trinajstić information content (AvgIpc) is 2.91. The van der Waals surface area contributed by atoms with E-state index in [0.29, 0.717) is 64.7 Å².